The molecule has 1 aromatic heterocycles. The average molecular weight is 310 g/mol. The largest absolute Gasteiger partial charge is 0.244 e. The number of rotatable bonds is 2. The molecule has 0 radical (unpaired) electrons. The summed E-state index contributed by atoms with van der Waals surface area (Å²) >= 11 is 4.79. The van der Waals surface area contributed by atoms with Crippen LogP contribution in [0.1, 0.15) is 17.7 Å². The molecule has 2 heterocycles. The molecule has 0 amide bonds. The number of hydrogen-bond donors (Lipinski definition) is 0. The Morgan fingerprint density at radius 1 is 1.40 bits per heavy atom. The summed E-state index contributed by atoms with van der Waals surface area (Å²) in [6, 6.07) is 1.70. The molecule has 0 unspecified atom stereocenters. The minimum absolute atomic E-state index is 0.460. The molecule has 6 heteroatoms. The molecule has 84 valence electrons. The van der Waals surface area contributed by atoms with Crippen LogP contribution in [0.3, 0.4) is 0 Å². The van der Waals surface area contributed by atoms with E-state index in [4.69, 9.17) is 0 Å². The van der Waals surface area contributed by atoms with Crippen molar-refractivity contribution in [2.45, 2.75) is 24.7 Å². The molecule has 15 heavy (non-hydrogen) atoms. The molecule has 0 N–H and O–H groups in total. The van der Waals surface area contributed by atoms with Crippen molar-refractivity contribution in [2.75, 3.05) is 13.1 Å². The summed E-state index contributed by atoms with van der Waals surface area (Å²) in [5.41, 5.74) is 0. The van der Waals surface area contributed by atoms with Crippen LogP contribution in [-0.2, 0) is 10.0 Å². The molecular formula is C9H12BrNO2S2. The first-order valence-electron chi connectivity index (χ1n) is 4.78. The van der Waals surface area contributed by atoms with Crippen molar-refractivity contribution in [1.82, 2.24) is 4.31 Å². The maximum Gasteiger partial charge on any atom is 0.244 e. The van der Waals surface area contributed by atoms with Gasteiger partial charge in [0.25, 0.3) is 0 Å². The third-order valence-corrected chi connectivity index (χ3v) is 6.23. The predicted molar refractivity (Wildman–Crippen MR) is 64.7 cm³/mol. The fraction of sp³-hybridized carbons (Fsp3) is 0.556. The number of thiophene rings is 1. The summed E-state index contributed by atoms with van der Waals surface area (Å²) in [5, 5.41) is 0. The third-order valence-electron chi connectivity index (χ3n) is 2.53. The smallest absolute Gasteiger partial charge is 0.207 e. The lowest BCUT2D eigenvalue weighted by Crippen LogP contribution is -2.27. The first-order valence-corrected chi connectivity index (χ1v) is 7.83. The quantitative estimate of drug-likeness (QED) is 0.842. The molecule has 1 aliphatic heterocycles. The topological polar surface area (TPSA) is 37.4 Å². The van der Waals surface area contributed by atoms with Crippen LogP contribution in [0.5, 0.6) is 0 Å². The van der Waals surface area contributed by atoms with E-state index >= 15 is 0 Å². The molecule has 0 aromatic carbocycles. The molecule has 0 spiro atoms. The van der Waals surface area contributed by atoms with Crippen molar-refractivity contribution in [2.24, 2.45) is 0 Å². The van der Waals surface area contributed by atoms with Crippen LogP contribution in [0.25, 0.3) is 0 Å². The Morgan fingerprint density at radius 3 is 2.47 bits per heavy atom. The highest BCUT2D eigenvalue weighted by atomic mass is 79.9. The lowest BCUT2D eigenvalue weighted by Gasteiger charge is -2.14. The molecule has 0 aliphatic carbocycles. The Bertz CT molecular complexity index is 460. The van der Waals surface area contributed by atoms with Gasteiger partial charge in [0.1, 0.15) is 0 Å². The van der Waals surface area contributed by atoms with Crippen molar-refractivity contribution in [3.8, 4) is 0 Å². The van der Waals surface area contributed by atoms with E-state index in [1.54, 1.807) is 10.4 Å². The lowest BCUT2D eigenvalue weighted by molar-refractivity contribution is 0.477. The van der Waals surface area contributed by atoms with E-state index in [0.29, 0.717) is 18.0 Å². The first kappa shape index (κ1) is 11.6. The van der Waals surface area contributed by atoms with E-state index in [1.165, 1.54) is 11.3 Å². The lowest BCUT2D eigenvalue weighted by atomic mass is 10.4. The van der Waals surface area contributed by atoms with Gasteiger partial charge in [0.15, 0.2) is 0 Å². The van der Waals surface area contributed by atoms with Crippen molar-refractivity contribution in [3.63, 3.8) is 0 Å². The summed E-state index contributed by atoms with van der Waals surface area (Å²) in [7, 11) is -3.23. The van der Waals surface area contributed by atoms with E-state index in [-0.39, 0.29) is 0 Å². The molecule has 0 saturated carbocycles. The first-order chi connectivity index (χ1) is 7.01. The van der Waals surface area contributed by atoms with Gasteiger partial charge in [-0.1, -0.05) is 0 Å². The van der Waals surface area contributed by atoms with E-state index in [9.17, 15) is 8.42 Å². The van der Waals surface area contributed by atoms with Gasteiger partial charge in [-0.3, -0.25) is 0 Å². The standard InChI is InChI=1S/C9H12BrNO2S2/c1-7-8(6-9(10)14-7)15(12,13)11-4-2-3-5-11/h6H,2-5H2,1H3. The maximum absolute atomic E-state index is 12.2. The van der Waals surface area contributed by atoms with Crippen LogP contribution < -0.4 is 0 Å². The van der Waals surface area contributed by atoms with E-state index < -0.39 is 10.0 Å². The summed E-state index contributed by atoms with van der Waals surface area (Å²) in [5.74, 6) is 0. The van der Waals surface area contributed by atoms with Crippen LogP contribution in [-0.4, -0.2) is 25.8 Å². The zero-order valence-corrected chi connectivity index (χ0v) is 11.6. The Balaban J connectivity index is 2.40. The third kappa shape index (κ3) is 2.13. The molecule has 0 atom stereocenters. The normalized spacial score (nSPS) is 18.5. The second-order valence-corrected chi connectivity index (χ2v) is 8.12. The number of aryl methyl sites for hydroxylation is 1. The summed E-state index contributed by atoms with van der Waals surface area (Å²) < 4.78 is 26.8. The second kappa shape index (κ2) is 4.16. The predicted octanol–water partition coefficient (Wildman–Crippen LogP) is 2.60. The Kier molecular flexibility index (Phi) is 3.21. The molecule has 1 aliphatic rings. The molecule has 1 fully saturated rings. The Labute approximate surface area is 102 Å². The van der Waals surface area contributed by atoms with Crippen molar-refractivity contribution < 1.29 is 8.42 Å². The van der Waals surface area contributed by atoms with Gasteiger partial charge in [-0.15, -0.1) is 11.3 Å². The van der Waals surface area contributed by atoms with Crippen LogP contribution >= 0.6 is 27.3 Å². The molecule has 1 aromatic rings. The number of hydrogen-bond acceptors (Lipinski definition) is 3. The minimum Gasteiger partial charge on any atom is -0.207 e. The number of nitrogens with zero attached hydrogens (tertiary/aromatic N) is 1. The summed E-state index contributed by atoms with van der Waals surface area (Å²) in [6.07, 6.45) is 1.95. The molecular weight excluding hydrogens is 298 g/mol. The van der Waals surface area contributed by atoms with Crippen LogP contribution in [0, 0.1) is 6.92 Å². The van der Waals surface area contributed by atoms with Gasteiger partial charge in [-0.2, -0.15) is 4.31 Å². The van der Waals surface area contributed by atoms with Gasteiger partial charge in [0, 0.05) is 18.0 Å². The maximum atomic E-state index is 12.2. The van der Waals surface area contributed by atoms with E-state index in [1.807, 2.05) is 6.92 Å². The fourth-order valence-corrected chi connectivity index (χ4v) is 5.65. The van der Waals surface area contributed by atoms with Crippen LogP contribution in [0.2, 0.25) is 0 Å². The van der Waals surface area contributed by atoms with Crippen molar-refractivity contribution in [3.05, 3.63) is 14.7 Å². The van der Waals surface area contributed by atoms with Crippen molar-refractivity contribution in [1.29, 1.82) is 0 Å². The Morgan fingerprint density at radius 2 is 2.00 bits per heavy atom. The monoisotopic (exact) mass is 309 g/mol. The number of sulfonamides is 1. The van der Waals surface area contributed by atoms with Gasteiger partial charge in [-0.05, 0) is 41.8 Å². The van der Waals surface area contributed by atoms with Crippen LogP contribution in [0.4, 0.5) is 0 Å². The number of halogens is 1. The van der Waals surface area contributed by atoms with Gasteiger partial charge in [0.2, 0.25) is 10.0 Å². The second-order valence-electron chi connectivity index (χ2n) is 3.58. The van der Waals surface area contributed by atoms with Gasteiger partial charge in [0.05, 0.1) is 8.68 Å². The SMILES string of the molecule is Cc1sc(Br)cc1S(=O)(=O)N1CCCC1. The van der Waals surface area contributed by atoms with Gasteiger partial charge in [-0.25, -0.2) is 8.42 Å². The van der Waals surface area contributed by atoms with Gasteiger partial charge < -0.3 is 0 Å². The fourth-order valence-electron chi connectivity index (χ4n) is 1.75. The minimum atomic E-state index is -3.23. The van der Waals surface area contributed by atoms with Crippen molar-refractivity contribution >= 4 is 37.3 Å². The zero-order chi connectivity index (χ0) is 11.1. The summed E-state index contributed by atoms with van der Waals surface area (Å²) in [6.45, 7) is 3.17. The van der Waals surface area contributed by atoms with E-state index in [2.05, 4.69) is 15.9 Å². The van der Waals surface area contributed by atoms with Gasteiger partial charge >= 0.3 is 0 Å². The molecule has 3 nitrogen and oxygen atoms in total. The highest BCUT2D eigenvalue weighted by Crippen LogP contribution is 2.32. The highest BCUT2D eigenvalue weighted by molar-refractivity contribution is 9.11. The molecule has 2 rings (SSSR count). The zero-order valence-electron chi connectivity index (χ0n) is 8.36. The highest BCUT2D eigenvalue weighted by Gasteiger charge is 2.29. The average Bonchev–Trinajstić information content (AvgIpc) is 2.74. The van der Waals surface area contributed by atoms with E-state index in [0.717, 1.165) is 21.5 Å². The molecule has 1 saturated heterocycles. The summed E-state index contributed by atoms with van der Waals surface area (Å²) in [4.78, 5) is 1.31. The van der Waals surface area contributed by atoms with Crippen LogP contribution in [0.15, 0.2) is 14.7 Å². The molecule has 0 bridgehead atoms. The Hall–Kier alpha value is 0.0900.